The number of anilines is 1. The van der Waals surface area contributed by atoms with Crippen LogP contribution in [0.2, 0.25) is 0 Å². The first-order chi connectivity index (χ1) is 15.2. The quantitative estimate of drug-likeness (QED) is 0.545. The second-order valence-corrected chi connectivity index (χ2v) is 9.79. The zero-order chi connectivity index (χ0) is 23.3. The summed E-state index contributed by atoms with van der Waals surface area (Å²) >= 11 is 0. The summed E-state index contributed by atoms with van der Waals surface area (Å²) in [7, 11) is -2.18. The first kappa shape index (κ1) is 23.3. The molecule has 0 fully saturated rings. The van der Waals surface area contributed by atoms with Gasteiger partial charge in [0.05, 0.1) is 16.7 Å². The molecule has 168 valence electrons. The molecule has 0 atom stereocenters. The van der Waals surface area contributed by atoms with Gasteiger partial charge in [0.2, 0.25) is 0 Å². The van der Waals surface area contributed by atoms with E-state index in [-0.39, 0.29) is 16.9 Å². The van der Waals surface area contributed by atoms with Gasteiger partial charge >= 0.3 is 0 Å². The van der Waals surface area contributed by atoms with Crippen LogP contribution in [0, 0.1) is 6.92 Å². The van der Waals surface area contributed by atoms with Crippen LogP contribution in [0.3, 0.4) is 0 Å². The van der Waals surface area contributed by atoms with E-state index in [0.29, 0.717) is 17.8 Å². The normalized spacial score (nSPS) is 11.3. The zero-order valence-electron chi connectivity index (χ0n) is 18.7. The molecule has 0 bridgehead atoms. The van der Waals surface area contributed by atoms with E-state index in [4.69, 9.17) is 4.74 Å². The summed E-state index contributed by atoms with van der Waals surface area (Å²) in [5, 5.41) is 2.87. The smallest absolute Gasteiger partial charge is 0.264 e. The number of hydrogen-bond acceptors (Lipinski definition) is 4. The van der Waals surface area contributed by atoms with Gasteiger partial charge in [-0.2, -0.15) is 0 Å². The average molecular weight is 453 g/mol. The van der Waals surface area contributed by atoms with Crippen LogP contribution in [0.25, 0.3) is 0 Å². The SMILES string of the molecule is Cc1ccc(S(=O)(=O)N(C)c2ccc(C(=O)NCc3ccc(OC(C)C)cc3)cc2)cc1. The van der Waals surface area contributed by atoms with E-state index < -0.39 is 10.0 Å². The molecule has 0 unspecified atom stereocenters. The molecule has 32 heavy (non-hydrogen) atoms. The Balaban J connectivity index is 1.63. The van der Waals surface area contributed by atoms with Crippen LogP contribution in [0.1, 0.15) is 35.3 Å². The van der Waals surface area contributed by atoms with E-state index >= 15 is 0 Å². The number of sulfonamides is 1. The Morgan fingerprint density at radius 1 is 0.938 bits per heavy atom. The van der Waals surface area contributed by atoms with E-state index in [1.807, 2.05) is 45.0 Å². The molecule has 3 aromatic carbocycles. The second kappa shape index (κ2) is 9.87. The molecule has 7 heteroatoms. The molecule has 0 spiro atoms. The molecular formula is C25H28N2O4S. The third-order valence-electron chi connectivity index (χ3n) is 4.92. The molecule has 0 aromatic heterocycles. The summed E-state index contributed by atoms with van der Waals surface area (Å²) in [6.45, 7) is 6.22. The highest BCUT2D eigenvalue weighted by molar-refractivity contribution is 7.92. The van der Waals surface area contributed by atoms with Crippen molar-refractivity contribution >= 4 is 21.6 Å². The minimum atomic E-state index is -3.68. The van der Waals surface area contributed by atoms with Crippen molar-refractivity contribution in [2.75, 3.05) is 11.4 Å². The lowest BCUT2D eigenvalue weighted by Gasteiger charge is -2.20. The van der Waals surface area contributed by atoms with Gasteiger partial charge in [0.15, 0.2) is 0 Å². The van der Waals surface area contributed by atoms with Gasteiger partial charge in [0.25, 0.3) is 15.9 Å². The van der Waals surface area contributed by atoms with Gasteiger partial charge in [-0.3, -0.25) is 9.10 Å². The lowest BCUT2D eigenvalue weighted by Crippen LogP contribution is -2.27. The molecule has 6 nitrogen and oxygen atoms in total. The van der Waals surface area contributed by atoms with E-state index in [0.717, 1.165) is 16.9 Å². The summed E-state index contributed by atoms with van der Waals surface area (Å²) < 4.78 is 32.5. The predicted octanol–water partition coefficient (Wildman–Crippen LogP) is 4.54. The fourth-order valence-electron chi connectivity index (χ4n) is 3.07. The highest BCUT2D eigenvalue weighted by atomic mass is 32.2. The number of aryl methyl sites for hydroxylation is 1. The maximum atomic E-state index is 12.8. The van der Waals surface area contributed by atoms with Gasteiger partial charge in [-0.15, -0.1) is 0 Å². The van der Waals surface area contributed by atoms with Crippen LogP contribution < -0.4 is 14.4 Å². The number of ether oxygens (including phenoxy) is 1. The van der Waals surface area contributed by atoms with Crippen LogP contribution in [0.5, 0.6) is 5.75 Å². The summed E-state index contributed by atoms with van der Waals surface area (Å²) in [6, 6.07) is 20.8. The Labute approximate surface area is 189 Å². The molecule has 0 heterocycles. The molecule has 1 amide bonds. The monoisotopic (exact) mass is 452 g/mol. The fourth-order valence-corrected chi connectivity index (χ4v) is 4.27. The van der Waals surface area contributed by atoms with Crippen LogP contribution in [0.15, 0.2) is 77.7 Å². The molecule has 0 radical (unpaired) electrons. The maximum absolute atomic E-state index is 12.8. The topological polar surface area (TPSA) is 75.7 Å². The van der Waals surface area contributed by atoms with Crippen LogP contribution in [-0.4, -0.2) is 27.5 Å². The van der Waals surface area contributed by atoms with E-state index in [2.05, 4.69) is 5.32 Å². The summed E-state index contributed by atoms with van der Waals surface area (Å²) in [6.07, 6.45) is 0.106. The molecule has 0 aliphatic heterocycles. The minimum absolute atomic E-state index is 0.106. The molecule has 0 saturated carbocycles. The summed E-state index contributed by atoms with van der Waals surface area (Å²) in [4.78, 5) is 12.7. The number of benzene rings is 3. The summed E-state index contributed by atoms with van der Waals surface area (Å²) in [5.41, 5.74) is 2.87. The summed E-state index contributed by atoms with van der Waals surface area (Å²) in [5.74, 6) is 0.554. The van der Waals surface area contributed by atoms with Crippen LogP contribution in [-0.2, 0) is 16.6 Å². The standard InChI is InChI=1S/C25H28N2O4S/c1-18(2)31-23-13-7-20(8-14-23)17-26-25(28)21-9-11-22(12-10-21)27(4)32(29,30)24-15-5-19(3)6-16-24/h5-16,18H,17H2,1-4H3,(H,26,28). The van der Waals surface area contributed by atoms with E-state index in [9.17, 15) is 13.2 Å². The Bertz CT molecular complexity index is 1150. The lowest BCUT2D eigenvalue weighted by molar-refractivity contribution is 0.0951. The third-order valence-corrected chi connectivity index (χ3v) is 6.72. The minimum Gasteiger partial charge on any atom is -0.491 e. The maximum Gasteiger partial charge on any atom is 0.264 e. The van der Waals surface area contributed by atoms with Gasteiger partial charge in [-0.1, -0.05) is 29.8 Å². The molecule has 1 N–H and O–H groups in total. The predicted molar refractivity (Wildman–Crippen MR) is 127 cm³/mol. The molecule has 3 rings (SSSR count). The second-order valence-electron chi connectivity index (χ2n) is 7.83. The molecule has 0 aliphatic carbocycles. The largest absolute Gasteiger partial charge is 0.491 e. The third kappa shape index (κ3) is 5.68. The van der Waals surface area contributed by atoms with Gasteiger partial charge in [-0.05, 0) is 74.9 Å². The van der Waals surface area contributed by atoms with E-state index in [1.54, 1.807) is 48.5 Å². The first-order valence-electron chi connectivity index (χ1n) is 10.4. The number of rotatable bonds is 8. The number of carbonyl (C=O) groups is 1. The van der Waals surface area contributed by atoms with Crippen molar-refractivity contribution in [3.63, 3.8) is 0 Å². The number of hydrogen-bond donors (Lipinski definition) is 1. The van der Waals surface area contributed by atoms with Crippen molar-refractivity contribution in [2.24, 2.45) is 0 Å². The number of amides is 1. The van der Waals surface area contributed by atoms with Crippen molar-refractivity contribution in [3.8, 4) is 5.75 Å². The van der Waals surface area contributed by atoms with Gasteiger partial charge in [0.1, 0.15) is 5.75 Å². The van der Waals surface area contributed by atoms with Gasteiger partial charge < -0.3 is 10.1 Å². The van der Waals surface area contributed by atoms with E-state index in [1.165, 1.54) is 11.4 Å². The Hall–Kier alpha value is -3.32. The number of carbonyl (C=O) groups excluding carboxylic acids is 1. The van der Waals surface area contributed by atoms with Gasteiger partial charge in [-0.25, -0.2) is 8.42 Å². The van der Waals surface area contributed by atoms with Crippen molar-refractivity contribution < 1.29 is 17.9 Å². The number of nitrogens with one attached hydrogen (secondary N) is 1. The molecular weight excluding hydrogens is 424 g/mol. The Morgan fingerprint density at radius 3 is 2.09 bits per heavy atom. The zero-order valence-corrected chi connectivity index (χ0v) is 19.5. The fraction of sp³-hybridized carbons (Fsp3) is 0.240. The number of nitrogens with zero attached hydrogens (tertiary/aromatic N) is 1. The van der Waals surface area contributed by atoms with Crippen molar-refractivity contribution in [1.82, 2.24) is 5.32 Å². The average Bonchev–Trinajstić information content (AvgIpc) is 2.78. The molecule has 0 aliphatic rings. The van der Waals surface area contributed by atoms with Crippen LogP contribution in [0.4, 0.5) is 5.69 Å². The van der Waals surface area contributed by atoms with Crippen molar-refractivity contribution in [1.29, 1.82) is 0 Å². The lowest BCUT2D eigenvalue weighted by atomic mass is 10.1. The Morgan fingerprint density at radius 2 is 1.53 bits per heavy atom. The Kier molecular flexibility index (Phi) is 7.20. The molecule has 3 aromatic rings. The molecule has 0 saturated heterocycles. The van der Waals surface area contributed by atoms with Crippen LogP contribution >= 0.6 is 0 Å². The highest BCUT2D eigenvalue weighted by Crippen LogP contribution is 2.23. The van der Waals surface area contributed by atoms with Crippen molar-refractivity contribution in [3.05, 3.63) is 89.5 Å². The highest BCUT2D eigenvalue weighted by Gasteiger charge is 2.21. The van der Waals surface area contributed by atoms with Gasteiger partial charge in [0, 0.05) is 19.2 Å². The van der Waals surface area contributed by atoms with Crippen molar-refractivity contribution in [2.45, 2.75) is 38.3 Å². The first-order valence-corrected chi connectivity index (χ1v) is 11.8.